The molecule has 0 bridgehead atoms. The van der Waals surface area contributed by atoms with E-state index in [4.69, 9.17) is 14.6 Å². The first-order valence-corrected chi connectivity index (χ1v) is 16.6. The maximum Gasteiger partial charge on any atom is 0.300 e. The average molecular weight is 608 g/mol. The van der Waals surface area contributed by atoms with Crippen LogP contribution in [0.1, 0.15) is 93.9 Å². The van der Waals surface area contributed by atoms with Gasteiger partial charge in [0.05, 0.1) is 22.9 Å². The first-order valence-electron chi connectivity index (χ1n) is 15.1. The summed E-state index contributed by atoms with van der Waals surface area (Å²) in [6.07, 6.45) is 10.1. The molecule has 0 spiro atoms. The van der Waals surface area contributed by atoms with E-state index in [0.717, 1.165) is 96.3 Å². The molecule has 5 N–H and O–H groups in total. The standard InChI is InChI=1S/C30H45NO6S.C2H4O2/c32-23-26-21-25(15-16-29(26)33)30(34)22-31-17-6-2-1-3-7-18-37-19-9-11-24-10-8-14-28(20-24)38(35,36)27-12-4-5-13-27;1-2(3)4/h8,10,14-16,20-21,27,30-34H,1-7,9,11-13,17-19,22-23H2;1H3,(H,3,4)/t30-;/m0./s1. The number of benzene rings is 2. The highest BCUT2D eigenvalue weighted by Gasteiger charge is 2.30. The molecule has 0 aliphatic heterocycles. The number of aliphatic hydroxyl groups excluding tert-OH is 2. The van der Waals surface area contributed by atoms with Crippen molar-refractivity contribution in [1.29, 1.82) is 0 Å². The van der Waals surface area contributed by atoms with Gasteiger partial charge < -0.3 is 30.5 Å². The highest BCUT2D eigenvalue weighted by atomic mass is 32.2. The van der Waals surface area contributed by atoms with Gasteiger partial charge in [-0.3, -0.25) is 4.79 Å². The van der Waals surface area contributed by atoms with Crippen LogP contribution in [-0.4, -0.2) is 66.4 Å². The molecule has 1 aliphatic carbocycles. The number of hydrogen-bond donors (Lipinski definition) is 5. The second-order valence-corrected chi connectivity index (χ2v) is 13.1. The Morgan fingerprint density at radius 2 is 1.67 bits per heavy atom. The van der Waals surface area contributed by atoms with Crippen molar-refractivity contribution in [2.24, 2.45) is 0 Å². The number of nitrogens with one attached hydrogen (secondary N) is 1. The maximum absolute atomic E-state index is 12.8. The molecule has 0 aromatic heterocycles. The van der Waals surface area contributed by atoms with Gasteiger partial charge in [0.25, 0.3) is 5.97 Å². The Labute approximate surface area is 250 Å². The fraction of sp³-hybridized carbons (Fsp3) is 0.594. The summed E-state index contributed by atoms with van der Waals surface area (Å²) >= 11 is 0. The summed E-state index contributed by atoms with van der Waals surface area (Å²) in [7, 11) is -3.20. The lowest BCUT2D eigenvalue weighted by Crippen LogP contribution is -2.22. The third-order valence-electron chi connectivity index (χ3n) is 7.36. The first kappa shape index (κ1) is 35.7. The molecule has 9 nitrogen and oxygen atoms in total. The number of aliphatic hydroxyl groups is 2. The first-order chi connectivity index (χ1) is 20.1. The van der Waals surface area contributed by atoms with Crippen molar-refractivity contribution < 1.29 is 38.4 Å². The summed E-state index contributed by atoms with van der Waals surface area (Å²) in [5.41, 5.74) is 2.16. The highest BCUT2D eigenvalue weighted by Crippen LogP contribution is 2.30. The van der Waals surface area contributed by atoms with Crippen molar-refractivity contribution in [3.8, 4) is 5.75 Å². The summed E-state index contributed by atoms with van der Waals surface area (Å²) in [5, 5.41) is 39.6. The van der Waals surface area contributed by atoms with Crippen LogP contribution in [0.2, 0.25) is 0 Å². The van der Waals surface area contributed by atoms with Crippen LogP contribution in [-0.2, 0) is 32.4 Å². The van der Waals surface area contributed by atoms with E-state index in [1.807, 2.05) is 18.2 Å². The smallest absolute Gasteiger partial charge is 0.300 e. The molecule has 0 heterocycles. The second-order valence-electron chi connectivity index (χ2n) is 10.9. The van der Waals surface area contributed by atoms with Crippen LogP contribution in [0.15, 0.2) is 47.4 Å². The molecular formula is C32H49NO8S. The Morgan fingerprint density at radius 1 is 1.00 bits per heavy atom. The third-order valence-corrected chi connectivity index (χ3v) is 9.62. The minimum absolute atomic E-state index is 0.0385. The van der Waals surface area contributed by atoms with Crippen LogP contribution < -0.4 is 5.32 Å². The fourth-order valence-electron chi connectivity index (χ4n) is 5.03. The fourth-order valence-corrected chi connectivity index (χ4v) is 6.95. The van der Waals surface area contributed by atoms with Gasteiger partial charge in [-0.2, -0.15) is 0 Å². The van der Waals surface area contributed by atoms with Crippen LogP contribution >= 0.6 is 0 Å². The molecule has 2 aromatic rings. The van der Waals surface area contributed by atoms with Crippen molar-refractivity contribution in [3.63, 3.8) is 0 Å². The average Bonchev–Trinajstić information content (AvgIpc) is 3.52. The molecule has 0 radical (unpaired) electrons. The van der Waals surface area contributed by atoms with E-state index in [1.165, 1.54) is 6.07 Å². The Morgan fingerprint density at radius 3 is 2.38 bits per heavy atom. The number of rotatable bonds is 18. The van der Waals surface area contributed by atoms with E-state index >= 15 is 0 Å². The maximum atomic E-state index is 12.8. The number of carboxylic acids is 1. The number of phenols is 1. The molecule has 0 saturated heterocycles. The monoisotopic (exact) mass is 607 g/mol. The molecule has 0 unspecified atom stereocenters. The summed E-state index contributed by atoms with van der Waals surface area (Å²) in [4.78, 5) is 9.48. The van der Waals surface area contributed by atoms with E-state index in [2.05, 4.69) is 5.32 Å². The van der Waals surface area contributed by atoms with Crippen LogP contribution in [0.25, 0.3) is 0 Å². The number of hydrogen-bond acceptors (Lipinski definition) is 8. The lowest BCUT2D eigenvalue weighted by atomic mass is 10.1. The van der Waals surface area contributed by atoms with Crippen LogP contribution in [0.4, 0.5) is 0 Å². The van der Waals surface area contributed by atoms with Crippen LogP contribution in [0.5, 0.6) is 5.75 Å². The van der Waals surface area contributed by atoms with Gasteiger partial charge in [0, 0.05) is 32.2 Å². The van der Waals surface area contributed by atoms with Gasteiger partial charge in [-0.15, -0.1) is 0 Å². The molecule has 2 aromatic carbocycles. The largest absolute Gasteiger partial charge is 0.508 e. The number of ether oxygens (including phenoxy) is 1. The quantitative estimate of drug-likeness (QED) is 0.149. The highest BCUT2D eigenvalue weighted by molar-refractivity contribution is 7.92. The number of aromatic hydroxyl groups is 1. The minimum Gasteiger partial charge on any atom is -0.508 e. The van der Waals surface area contributed by atoms with E-state index < -0.39 is 21.9 Å². The Hall–Kier alpha value is -2.50. The molecule has 1 saturated carbocycles. The Bertz CT molecular complexity index is 1160. The molecule has 10 heteroatoms. The van der Waals surface area contributed by atoms with E-state index in [0.29, 0.717) is 29.2 Å². The normalized spacial score (nSPS) is 14.4. The van der Waals surface area contributed by atoms with Crippen molar-refractivity contribution >= 4 is 15.8 Å². The molecular weight excluding hydrogens is 558 g/mol. The Kier molecular flexibility index (Phi) is 16.7. The SMILES string of the molecule is CC(=O)O.O=S(=O)(c1cccc(CCCOCCCCCCCNC[C@H](O)c2ccc(O)c(CO)c2)c1)C1CCCC1. The number of carbonyl (C=O) groups is 1. The summed E-state index contributed by atoms with van der Waals surface area (Å²) in [5.74, 6) is -0.795. The van der Waals surface area contributed by atoms with E-state index in [9.17, 15) is 23.7 Å². The summed E-state index contributed by atoms with van der Waals surface area (Å²) in [6.45, 7) is 3.54. The third kappa shape index (κ3) is 13.2. The molecule has 1 atom stereocenters. The zero-order chi connectivity index (χ0) is 30.8. The van der Waals surface area contributed by atoms with Crippen molar-refractivity contribution in [3.05, 3.63) is 59.2 Å². The number of carboxylic acid groups (broad SMARTS) is 1. The van der Waals surface area contributed by atoms with Gasteiger partial charge in [0.2, 0.25) is 0 Å². The second kappa shape index (κ2) is 19.6. The van der Waals surface area contributed by atoms with Crippen molar-refractivity contribution in [2.75, 3.05) is 26.3 Å². The van der Waals surface area contributed by atoms with Crippen LogP contribution in [0.3, 0.4) is 0 Å². The number of aryl methyl sites for hydroxylation is 1. The zero-order valence-corrected chi connectivity index (χ0v) is 25.7. The van der Waals surface area contributed by atoms with Gasteiger partial charge in [0.1, 0.15) is 5.75 Å². The molecule has 3 rings (SSSR count). The lowest BCUT2D eigenvalue weighted by Gasteiger charge is -2.14. The predicted octanol–water partition coefficient (Wildman–Crippen LogP) is 4.91. The number of aliphatic carboxylic acids is 1. The molecule has 42 heavy (non-hydrogen) atoms. The van der Waals surface area contributed by atoms with Crippen LogP contribution in [0, 0.1) is 0 Å². The number of unbranched alkanes of at least 4 members (excludes halogenated alkanes) is 4. The van der Waals surface area contributed by atoms with Gasteiger partial charge in [-0.05, 0) is 80.5 Å². The van der Waals surface area contributed by atoms with Gasteiger partial charge in [0.15, 0.2) is 9.84 Å². The van der Waals surface area contributed by atoms with E-state index in [1.54, 1.807) is 18.2 Å². The topological polar surface area (TPSA) is 153 Å². The van der Waals surface area contributed by atoms with Gasteiger partial charge in [-0.25, -0.2) is 8.42 Å². The van der Waals surface area contributed by atoms with Gasteiger partial charge in [-0.1, -0.05) is 50.3 Å². The summed E-state index contributed by atoms with van der Waals surface area (Å²) in [6, 6.07) is 12.3. The van der Waals surface area contributed by atoms with E-state index in [-0.39, 0.29) is 17.6 Å². The molecule has 0 amide bonds. The van der Waals surface area contributed by atoms with Crippen molar-refractivity contribution in [1.82, 2.24) is 5.32 Å². The number of sulfone groups is 1. The Balaban J connectivity index is 0.00000144. The predicted molar refractivity (Wildman–Crippen MR) is 163 cm³/mol. The molecule has 236 valence electrons. The zero-order valence-electron chi connectivity index (χ0n) is 24.8. The summed E-state index contributed by atoms with van der Waals surface area (Å²) < 4.78 is 31.4. The van der Waals surface area contributed by atoms with Crippen molar-refractivity contribution in [2.45, 2.75) is 100 Å². The minimum atomic E-state index is -3.20. The van der Waals surface area contributed by atoms with Gasteiger partial charge >= 0.3 is 0 Å². The molecule has 1 fully saturated rings. The lowest BCUT2D eigenvalue weighted by molar-refractivity contribution is -0.134. The molecule has 1 aliphatic rings.